The quantitative estimate of drug-likeness (QED) is 0.758. The molecule has 110 valence electrons. The number of anilines is 1. The first-order valence-electron chi connectivity index (χ1n) is 6.95. The van der Waals surface area contributed by atoms with Gasteiger partial charge in [0.1, 0.15) is 11.8 Å². The van der Waals surface area contributed by atoms with E-state index >= 15 is 0 Å². The SMILES string of the molecule is CN(C)c1cccc(OCCC(NC2CC2)C(=O)O)c1. The third-order valence-electron chi connectivity index (χ3n) is 3.32. The van der Waals surface area contributed by atoms with E-state index in [-0.39, 0.29) is 0 Å². The second-order valence-electron chi connectivity index (χ2n) is 5.36. The molecular formula is C15H22N2O3. The summed E-state index contributed by atoms with van der Waals surface area (Å²) in [5, 5.41) is 12.3. The Morgan fingerprint density at radius 3 is 2.85 bits per heavy atom. The Kier molecular flexibility index (Phi) is 4.84. The average Bonchev–Trinajstić information content (AvgIpc) is 3.21. The van der Waals surface area contributed by atoms with Crippen molar-refractivity contribution < 1.29 is 14.6 Å². The van der Waals surface area contributed by atoms with E-state index in [1.807, 2.05) is 43.3 Å². The zero-order valence-electron chi connectivity index (χ0n) is 12.0. The summed E-state index contributed by atoms with van der Waals surface area (Å²) < 4.78 is 5.65. The molecule has 2 rings (SSSR count). The van der Waals surface area contributed by atoms with Gasteiger partial charge >= 0.3 is 5.97 Å². The molecule has 1 aliphatic carbocycles. The molecule has 1 aromatic carbocycles. The van der Waals surface area contributed by atoms with Crippen LogP contribution in [0.15, 0.2) is 24.3 Å². The third-order valence-corrected chi connectivity index (χ3v) is 3.32. The summed E-state index contributed by atoms with van der Waals surface area (Å²) in [5.41, 5.74) is 1.06. The Morgan fingerprint density at radius 2 is 2.25 bits per heavy atom. The highest BCUT2D eigenvalue weighted by molar-refractivity contribution is 5.73. The molecule has 0 radical (unpaired) electrons. The van der Waals surface area contributed by atoms with Crippen molar-refractivity contribution in [1.29, 1.82) is 0 Å². The Hall–Kier alpha value is -1.75. The molecule has 1 aliphatic rings. The second-order valence-corrected chi connectivity index (χ2v) is 5.36. The van der Waals surface area contributed by atoms with Crippen LogP contribution in [-0.4, -0.2) is 43.9 Å². The van der Waals surface area contributed by atoms with Gasteiger partial charge in [-0.05, 0) is 25.0 Å². The summed E-state index contributed by atoms with van der Waals surface area (Å²) in [4.78, 5) is 13.1. The van der Waals surface area contributed by atoms with E-state index < -0.39 is 12.0 Å². The highest BCUT2D eigenvalue weighted by atomic mass is 16.5. The Bertz CT molecular complexity index is 458. The lowest BCUT2D eigenvalue weighted by Gasteiger charge is -2.16. The van der Waals surface area contributed by atoms with Gasteiger partial charge in [0, 0.05) is 38.3 Å². The smallest absolute Gasteiger partial charge is 0.320 e. The monoisotopic (exact) mass is 278 g/mol. The predicted octanol–water partition coefficient (Wildman–Crippen LogP) is 1.73. The maximum absolute atomic E-state index is 11.1. The largest absolute Gasteiger partial charge is 0.493 e. The van der Waals surface area contributed by atoms with Crippen molar-refractivity contribution in [3.63, 3.8) is 0 Å². The fraction of sp³-hybridized carbons (Fsp3) is 0.533. The van der Waals surface area contributed by atoms with E-state index in [2.05, 4.69) is 5.32 Å². The molecule has 0 aromatic heterocycles. The van der Waals surface area contributed by atoms with Crippen molar-refractivity contribution in [3.8, 4) is 5.75 Å². The van der Waals surface area contributed by atoms with Crippen LogP contribution >= 0.6 is 0 Å². The Labute approximate surface area is 119 Å². The number of carbonyl (C=O) groups is 1. The number of aliphatic carboxylic acids is 1. The van der Waals surface area contributed by atoms with Crippen molar-refractivity contribution in [2.75, 3.05) is 25.6 Å². The highest BCUT2D eigenvalue weighted by Gasteiger charge is 2.27. The van der Waals surface area contributed by atoms with E-state index in [0.717, 1.165) is 24.3 Å². The molecule has 0 bridgehead atoms. The first-order valence-corrected chi connectivity index (χ1v) is 6.95. The molecule has 20 heavy (non-hydrogen) atoms. The highest BCUT2D eigenvalue weighted by Crippen LogP contribution is 2.21. The minimum absolute atomic E-state index is 0.383. The number of hydrogen-bond donors (Lipinski definition) is 2. The van der Waals surface area contributed by atoms with Crippen LogP contribution in [-0.2, 0) is 4.79 Å². The number of nitrogens with zero attached hydrogens (tertiary/aromatic N) is 1. The lowest BCUT2D eigenvalue weighted by Crippen LogP contribution is -2.39. The van der Waals surface area contributed by atoms with E-state index in [0.29, 0.717) is 19.1 Å². The van der Waals surface area contributed by atoms with Gasteiger partial charge in [0.05, 0.1) is 6.61 Å². The molecule has 5 nitrogen and oxygen atoms in total. The summed E-state index contributed by atoms with van der Waals surface area (Å²) in [6.45, 7) is 0.396. The van der Waals surface area contributed by atoms with E-state index in [1.165, 1.54) is 0 Å². The predicted molar refractivity (Wildman–Crippen MR) is 78.5 cm³/mol. The molecule has 5 heteroatoms. The molecule has 0 heterocycles. The number of ether oxygens (including phenoxy) is 1. The zero-order chi connectivity index (χ0) is 14.5. The van der Waals surface area contributed by atoms with Crippen molar-refractivity contribution in [1.82, 2.24) is 5.32 Å². The number of hydrogen-bond acceptors (Lipinski definition) is 4. The first kappa shape index (κ1) is 14.7. The molecule has 2 N–H and O–H groups in total. The van der Waals surface area contributed by atoms with Crippen LogP contribution < -0.4 is 15.0 Å². The fourth-order valence-electron chi connectivity index (χ4n) is 1.96. The number of nitrogens with one attached hydrogen (secondary N) is 1. The minimum atomic E-state index is -0.803. The summed E-state index contributed by atoms with van der Waals surface area (Å²) >= 11 is 0. The normalized spacial score (nSPS) is 15.7. The summed E-state index contributed by atoms with van der Waals surface area (Å²) in [6.07, 6.45) is 2.63. The van der Waals surface area contributed by atoms with Gasteiger partial charge in [-0.25, -0.2) is 0 Å². The molecule has 1 atom stereocenters. The molecule has 1 saturated carbocycles. The van der Waals surface area contributed by atoms with Crippen molar-refractivity contribution in [3.05, 3.63) is 24.3 Å². The summed E-state index contributed by atoms with van der Waals surface area (Å²) in [7, 11) is 3.94. The first-order chi connectivity index (χ1) is 9.56. The zero-order valence-corrected chi connectivity index (χ0v) is 12.0. The molecule has 1 aromatic rings. The molecule has 0 aliphatic heterocycles. The van der Waals surface area contributed by atoms with E-state index in [9.17, 15) is 4.79 Å². The molecule has 0 amide bonds. The Balaban J connectivity index is 1.81. The second kappa shape index (κ2) is 6.61. The number of rotatable bonds is 8. The number of carboxylic acids is 1. The lowest BCUT2D eigenvalue weighted by molar-refractivity contribution is -0.139. The lowest BCUT2D eigenvalue weighted by atomic mass is 10.2. The molecule has 1 unspecified atom stereocenters. The molecule has 1 fully saturated rings. The standard InChI is InChI=1S/C15H22N2O3/c1-17(2)12-4-3-5-13(10-12)20-9-8-14(15(18)19)16-11-6-7-11/h3-5,10-11,14,16H,6-9H2,1-2H3,(H,18,19). The van der Waals surface area contributed by atoms with Gasteiger partial charge in [-0.1, -0.05) is 6.07 Å². The summed E-state index contributed by atoms with van der Waals surface area (Å²) in [5.74, 6) is -0.0331. The third kappa shape index (κ3) is 4.42. The number of carboxylic acid groups (broad SMARTS) is 1. The van der Waals surface area contributed by atoms with E-state index in [4.69, 9.17) is 9.84 Å². The molecule has 0 spiro atoms. The van der Waals surface area contributed by atoms with Crippen molar-refractivity contribution in [2.24, 2.45) is 0 Å². The Morgan fingerprint density at radius 1 is 1.50 bits per heavy atom. The van der Waals surface area contributed by atoms with Gasteiger partial charge in [0.25, 0.3) is 0 Å². The molecule has 0 saturated heterocycles. The van der Waals surface area contributed by atoms with Crippen LogP contribution in [0.4, 0.5) is 5.69 Å². The van der Waals surface area contributed by atoms with Crippen molar-refractivity contribution >= 4 is 11.7 Å². The fourth-order valence-corrected chi connectivity index (χ4v) is 1.96. The van der Waals surface area contributed by atoms with Gasteiger partial charge in [-0.2, -0.15) is 0 Å². The van der Waals surface area contributed by atoms with Gasteiger partial charge in [-0.15, -0.1) is 0 Å². The topological polar surface area (TPSA) is 61.8 Å². The van der Waals surface area contributed by atoms with Crippen LogP contribution in [0, 0.1) is 0 Å². The maximum Gasteiger partial charge on any atom is 0.320 e. The van der Waals surface area contributed by atoms with Gasteiger partial charge in [0.15, 0.2) is 0 Å². The van der Waals surface area contributed by atoms with Crippen molar-refractivity contribution in [2.45, 2.75) is 31.3 Å². The van der Waals surface area contributed by atoms with Crippen LogP contribution in [0.25, 0.3) is 0 Å². The van der Waals surface area contributed by atoms with Gasteiger partial charge < -0.3 is 20.1 Å². The summed E-state index contributed by atoms with van der Waals surface area (Å²) in [6, 6.07) is 7.64. The van der Waals surface area contributed by atoms with Crippen LogP contribution in [0.3, 0.4) is 0 Å². The van der Waals surface area contributed by atoms with Crippen LogP contribution in [0.5, 0.6) is 5.75 Å². The number of benzene rings is 1. The van der Waals surface area contributed by atoms with Crippen LogP contribution in [0.2, 0.25) is 0 Å². The van der Waals surface area contributed by atoms with E-state index in [1.54, 1.807) is 0 Å². The molecular weight excluding hydrogens is 256 g/mol. The average molecular weight is 278 g/mol. The maximum atomic E-state index is 11.1. The van der Waals surface area contributed by atoms with Gasteiger partial charge in [0.2, 0.25) is 0 Å². The minimum Gasteiger partial charge on any atom is -0.493 e. The van der Waals surface area contributed by atoms with Gasteiger partial charge in [-0.3, -0.25) is 4.79 Å². The van der Waals surface area contributed by atoms with Crippen LogP contribution in [0.1, 0.15) is 19.3 Å².